The Kier molecular flexibility index (Phi) is 6.90. The van der Waals surface area contributed by atoms with Crippen LogP contribution in [0.2, 0.25) is 0 Å². The highest BCUT2D eigenvalue weighted by molar-refractivity contribution is 9.10. The zero-order valence-corrected chi connectivity index (χ0v) is 13.5. The van der Waals surface area contributed by atoms with E-state index in [1.165, 1.54) is 10.0 Å². The minimum atomic E-state index is 0.566. The van der Waals surface area contributed by atoms with Gasteiger partial charge in [0, 0.05) is 17.1 Å². The number of hydrogen-bond acceptors (Lipinski definition) is 2. The van der Waals surface area contributed by atoms with Crippen LogP contribution in [0.25, 0.3) is 0 Å². The van der Waals surface area contributed by atoms with Crippen molar-refractivity contribution in [2.24, 2.45) is 5.92 Å². The van der Waals surface area contributed by atoms with Gasteiger partial charge in [-0.2, -0.15) is 0 Å². The maximum atomic E-state index is 3.61. The van der Waals surface area contributed by atoms with Crippen molar-refractivity contribution in [3.8, 4) is 0 Å². The smallest absolute Gasteiger partial charge is 0.0244 e. The minimum absolute atomic E-state index is 0.566. The Bertz CT molecular complexity index is 354. The first-order valence-corrected chi connectivity index (χ1v) is 7.50. The predicted molar refractivity (Wildman–Crippen MR) is 82.8 cm³/mol. The molecule has 2 nitrogen and oxygen atoms in total. The summed E-state index contributed by atoms with van der Waals surface area (Å²) in [4.78, 5) is 2.42. The number of halogens is 1. The molecule has 2 atom stereocenters. The monoisotopic (exact) mass is 312 g/mol. The second-order valence-electron chi connectivity index (χ2n) is 5.03. The summed E-state index contributed by atoms with van der Waals surface area (Å²) < 4.78 is 1.20. The molecule has 0 amide bonds. The molecule has 1 N–H and O–H groups in total. The van der Waals surface area contributed by atoms with Crippen LogP contribution in [-0.4, -0.2) is 31.1 Å². The molecule has 0 saturated heterocycles. The van der Waals surface area contributed by atoms with Gasteiger partial charge in [-0.05, 0) is 44.6 Å². The van der Waals surface area contributed by atoms with Gasteiger partial charge in [-0.3, -0.25) is 4.90 Å². The number of nitrogens with zero attached hydrogens (tertiary/aromatic N) is 1. The third-order valence-electron chi connectivity index (χ3n) is 3.61. The number of benzene rings is 1. The molecule has 102 valence electrons. The molecule has 1 rings (SSSR count). The minimum Gasteiger partial charge on any atom is -0.317 e. The molecule has 0 aromatic heterocycles. The highest BCUT2D eigenvalue weighted by Gasteiger charge is 2.17. The molecule has 1 aromatic carbocycles. The number of rotatable bonds is 7. The fourth-order valence-corrected chi connectivity index (χ4v) is 2.43. The van der Waals surface area contributed by atoms with E-state index in [0.717, 1.165) is 19.6 Å². The Balaban J connectivity index is 2.54. The molecule has 0 fully saturated rings. The molecular formula is C15H25BrN2. The lowest BCUT2D eigenvalue weighted by atomic mass is 10.0. The van der Waals surface area contributed by atoms with Gasteiger partial charge in [-0.25, -0.2) is 0 Å². The summed E-state index contributed by atoms with van der Waals surface area (Å²) in [5.41, 5.74) is 1.35. The van der Waals surface area contributed by atoms with Crippen LogP contribution in [-0.2, 0) is 6.54 Å². The summed E-state index contributed by atoms with van der Waals surface area (Å²) in [6.07, 6.45) is 0. The van der Waals surface area contributed by atoms with Gasteiger partial charge in [0.05, 0.1) is 0 Å². The highest BCUT2D eigenvalue weighted by Crippen LogP contribution is 2.19. The van der Waals surface area contributed by atoms with Gasteiger partial charge in [0.1, 0.15) is 0 Å². The van der Waals surface area contributed by atoms with Crippen LogP contribution >= 0.6 is 15.9 Å². The summed E-state index contributed by atoms with van der Waals surface area (Å²) in [5, 5.41) is 3.42. The SMILES string of the molecule is CCNCC(C)C(C)N(C)Cc1ccccc1Br. The van der Waals surface area contributed by atoms with E-state index in [-0.39, 0.29) is 0 Å². The normalized spacial score (nSPS) is 14.8. The maximum absolute atomic E-state index is 3.61. The van der Waals surface area contributed by atoms with E-state index in [9.17, 15) is 0 Å². The van der Waals surface area contributed by atoms with Crippen molar-refractivity contribution in [2.45, 2.75) is 33.4 Å². The van der Waals surface area contributed by atoms with E-state index >= 15 is 0 Å². The topological polar surface area (TPSA) is 15.3 Å². The Morgan fingerprint density at radius 2 is 1.94 bits per heavy atom. The van der Waals surface area contributed by atoms with Gasteiger partial charge in [0.2, 0.25) is 0 Å². The molecule has 0 saturated carbocycles. The molecule has 0 aliphatic heterocycles. The molecule has 1 aromatic rings. The Labute approximate surface area is 120 Å². The van der Waals surface area contributed by atoms with E-state index in [1.54, 1.807) is 0 Å². The molecule has 0 bridgehead atoms. The summed E-state index contributed by atoms with van der Waals surface area (Å²) in [7, 11) is 2.20. The molecule has 0 spiro atoms. The molecular weight excluding hydrogens is 288 g/mol. The molecule has 3 heteroatoms. The van der Waals surface area contributed by atoms with Crippen molar-refractivity contribution in [1.82, 2.24) is 10.2 Å². The second-order valence-corrected chi connectivity index (χ2v) is 5.89. The molecule has 2 unspecified atom stereocenters. The first-order chi connectivity index (χ1) is 8.56. The Hall–Kier alpha value is -0.380. The van der Waals surface area contributed by atoms with Gasteiger partial charge < -0.3 is 5.32 Å². The quantitative estimate of drug-likeness (QED) is 0.828. The first kappa shape index (κ1) is 15.7. The molecule has 0 aliphatic rings. The van der Waals surface area contributed by atoms with Crippen LogP contribution in [0.1, 0.15) is 26.3 Å². The van der Waals surface area contributed by atoms with Crippen LogP contribution < -0.4 is 5.32 Å². The maximum Gasteiger partial charge on any atom is 0.0244 e. The van der Waals surface area contributed by atoms with Crippen LogP contribution in [0.3, 0.4) is 0 Å². The fourth-order valence-electron chi connectivity index (χ4n) is 2.02. The van der Waals surface area contributed by atoms with Crippen molar-refractivity contribution < 1.29 is 0 Å². The van der Waals surface area contributed by atoms with Crippen LogP contribution in [0, 0.1) is 5.92 Å². The zero-order valence-electron chi connectivity index (χ0n) is 11.9. The van der Waals surface area contributed by atoms with Crippen LogP contribution in [0.4, 0.5) is 0 Å². The van der Waals surface area contributed by atoms with Crippen LogP contribution in [0.5, 0.6) is 0 Å². The molecule has 0 aliphatic carbocycles. The van der Waals surface area contributed by atoms with Crippen molar-refractivity contribution in [3.05, 3.63) is 34.3 Å². The van der Waals surface area contributed by atoms with E-state index < -0.39 is 0 Å². The van der Waals surface area contributed by atoms with E-state index in [2.05, 4.69) is 78.2 Å². The predicted octanol–water partition coefficient (Wildman–Crippen LogP) is 3.52. The lowest BCUT2D eigenvalue weighted by Crippen LogP contribution is -2.38. The van der Waals surface area contributed by atoms with Gasteiger partial charge in [0.25, 0.3) is 0 Å². The van der Waals surface area contributed by atoms with Crippen molar-refractivity contribution in [3.63, 3.8) is 0 Å². The third kappa shape index (κ3) is 4.71. The van der Waals surface area contributed by atoms with Crippen molar-refractivity contribution in [2.75, 3.05) is 20.1 Å². The summed E-state index contributed by atoms with van der Waals surface area (Å²) in [5.74, 6) is 0.650. The third-order valence-corrected chi connectivity index (χ3v) is 4.39. The summed E-state index contributed by atoms with van der Waals surface area (Å²) in [6.45, 7) is 9.88. The van der Waals surface area contributed by atoms with Gasteiger partial charge in [-0.1, -0.05) is 48.0 Å². The van der Waals surface area contributed by atoms with Gasteiger partial charge in [-0.15, -0.1) is 0 Å². The largest absolute Gasteiger partial charge is 0.317 e. The lowest BCUT2D eigenvalue weighted by Gasteiger charge is -2.30. The standard InChI is InChI=1S/C15H25BrN2/c1-5-17-10-12(2)13(3)18(4)11-14-8-6-7-9-15(14)16/h6-9,12-13,17H,5,10-11H2,1-4H3. The van der Waals surface area contributed by atoms with Gasteiger partial charge in [0.15, 0.2) is 0 Å². The summed E-state index contributed by atoms with van der Waals surface area (Å²) >= 11 is 3.61. The number of hydrogen-bond donors (Lipinski definition) is 1. The van der Waals surface area contributed by atoms with Gasteiger partial charge >= 0.3 is 0 Å². The van der Waals surface area contributed by atoms with E-state index in [0.29, 0.717) is 12.0 Å². The summed E-state index contributed by atoms with van der Waals surface area (Å²) in [6, 6.07) is 9.01. The van der Waals surface area contributed by atoms with E-state index in [4.69, 9.17) is 0 Å². The molecule has 0 heterocycles. The zero-order chi connectivity index (χ0) is 13.5. The average molecular weight is 313 g/mol. The molecule has 0 radical (unpaired) electrons. The lowest BCUT2D eigenvalue weighted by molar-refractivity contribution is 0.189. The Morgan fingerprint density at radius 1 is 1.28 bits per heavy atom. The van der Waals surface area contributed by atoms with E-state index in [1.807, 2.05) is 0 Å². The van der Waals surface area contributed by atoms with Crippen molar-refractivity contribution in [1.29, 1.82) is 0 Å². The average Bonchev–Trinajstić information content (AvgIpc) is 2.37. The Morgan fingerprint density at radius 3 is 2.56 bits per heavy atom. The van der Waals surface area contributed by atoms with Crippen LogP contribution in [0.15, 0.2) is 28.7 Å². The second kappa shape index (κ2) is 7.93. The highest BCUT2D eigenvalue weighted by atomic mass is 79.9. The fraction of sp³-hybridized carbons (Fsp3) is 0.600. The van der Waals surface area contributed by atoms with Crippen molar-refractivity contribution >= 4 is 15.9 Å². The number of nitrogens with one attached hydrogen (secondary N) is 1. The molecule has 18 heavy (non-hydrogen) atoms. The first-order valence-electron chi connectivity index (χ1n) is 6.70.